The van der Waals surface area contributed by atoms with Crippen LogP contribution in [0.4, 0.5) is 0 Å². The number of hydrogen-bond acceptors (Lipinski definition) is 2. The fraction of sp³-hybridized carbons (Fsp3) is 1.00. The number of rotatable bonds is 0. The van der Waals surface area contributed by atoms with Crippen molar-refractivity contribution in [2.45, 2.75) is 103 Å². The van der Waals surface area contributed by atoms with Gasteiger partial charge in [0, 0.05) is 0 Å². The largest absolute Gasteiger partial charge is 0.369 e. The van der Waals surface area contributed by atoms with Gasteiger partial charge in [0.15, 0.2) is 0 Å². The second-order valence-corrected chi connectivity index (χ2v) is 10.7. The van der Waals surface area contributed by atoms with E-state index in [4.69, 9.17) is 9.47 Å². The van der Waals surface area contributed by atoms with E-state index >= 15 is 0 Å². The van der Waals surface area contributed by atoms with Crippen molar-refractivity contribution in [2.75, 3.05) is 6.61 Å². The van der Waals surface area contributed by atoms with Crippen LogP contribution >= 0.6 is 0 Å². The Labute approximate surface area is 142 Å². The highest BCUT2D eigenvalue weighted by Crippen LogP contribution is 2.66. The molecule has 0 radical (unpaired) electrons. The van der Waals surface area contributed by atoms with E-state index in [0.717, 1.165) is 18.9 Å². The van der Waals surface area contributed by atoms with Crippen LogP contribution < -0.4 is 0 Å². The molecule has 2 heterocycles. The van der Waals surface area contributed by atoms with Crippen LogP contribution in [0.25, 0.3) is 0 Å². The Morgan fingerprint density at radius 3 is 2.09 bits per heavy atom. The van der Waals surface area contributed by atoms with Gasteiger partial charge in [0.2, 0.25) is 0 Å². The first-order chi connectivity index (χ1) is 10.5. The average molecular weight is 321 g/mol. The Morgan fingerprint density at radius 2 is 1.43 bits per heavy atom. The summed E-state index contributed by atoms with van der Waals surface area (Å²) in [5.41, 5.74) is 0.817. The molecule has 2 nitrogen and oxygen atoms in total. The molecule has 0 aromatic rings. The molecule has 0 N–H and O–H groups in total. The Balaban J connectivity index is 1.73. The van der Waals surface area contributed by atoms with E-state index in [1.807, 2.05) is 0 Å². The molecule has 4 aliphatic rings. The first kappa shape index (κ1) is 16.4. The van der Waals surface area contributed by atoms with Crippen molar-refractivity contribution < 1.29 is 9.47 Å². The van der Waals surface area contributed by atoms with E-state index in [9.17, 15) is 0 Å². The molecule has 6 atom stereocenters. The molecular weight excluding hydrogens is 284 g/mol. The Kier molecular flexibility index (Phi) is 3.24. The standard InChI is InChI=1S/C21H36O2/c1-17(2)10-7-11-18(3)15(17)8-12-19(4)16(18)9-13-20(5)21(6,23-19)14-22-20/h15-16H,7-14H2,1-6H3/t15-,16+,18-,19+,20-,21+/m0/s1. The van der Waals surface area contributed by atoms with Crippen molar-refractivity contribution in [1.29, 1.82) is 0 Å². The third kappa shape index (κ3) is 2.00. The predicted molar refractivity (Wildman–Crippen MR) is 93.4 cm³/mol. The minimum Gasteiger partial charge on any atom is -0.369 e. The molecule has 0 bridgehead atoms. The Morgan fingerprint density at radius 1 is 0.739 bits per heavy atom. The van der Waals surface area contributed by atoms with Crippen LogP contribution in [-0.2, 0) is 9.47 Å². The first-order valence-corrected chi connectivity index (χ1v) is 9.89. The monoisotopic (exact) mass is 320 g/mol. The molecule has 2 saturated carbocycles. The SMILES string of the molecule is CC1(C)CCC[C@]2(C)[C@H]3CC[C@]4(C)OC[C@@]4(C)O[C@]3(C)CC[C@@H]12. The van der Waals surface area contributed by atoms with E-state index in [-0.39, 0.29) is 16.8 Å². The van der Waals surface area contributed by atoms with Gasteiger partial charge in [-0.1, -0.05) is 27.2 Å². The summed E-state index contributed by atoms with van der Waals surface area (Å²) in [6.07, 6.45) is 9.17. The summed E-state index contributed by atoms with van der Waals surface area (Å²) in [6, 6.07) is 0. The minimum atomic E-state index is -0.0795. The van der Waals surface area contributed by atoms with Crippen LogP contribution in [0, 0.1) is 22.7 Å². The molecule has 0 aromatic heterocycles. The van der Waals surface area contributed by atoms with Crippen LogP contribution in [0.3, 0.4) is 0 Å². The zero-order valence-electron chi connectivity index (χ0n) is 16.1. The zero-order chi connectivity index (χ0) is 16.7. The lowest BCUT2D eigenvalue weighted by atomic mass is 9.45. The Bertz CT molecular complexity index is 514. The van der Waals surface area contributed by atoms with Gasteiger partial charge in [-0.25, -0.2) is 0 Å². The zero-order valence-corrected chi connectivity index (χ0v) is 16.1. The minimum absolute atomic E-state index is 0.0367. The third-order valence-electron chi connectivity index (χ3n) is 8.89. The summed E-state index contributed by atoms with van der Waals surface area (Å²) in [6.45, 7) is 15.4. The van der Waals surface area contributed by atoms with Crippen LogP contribution in [0.1, 0.15) is 86.5 Å². The van der Waals surface area contributed by atoms with Gasteiger partial charge in [-0.3, -0.25) is 0 Å². The van der Waals surface area contributed by atoms with Gasteiger partial charge in [-0.05, 0) is 82.0 Å². The van der Waals surface area contributed by atoms with Crippen molar-refractivity contribution >= 4 is 0 Å². The van der Waals surface area contributed by atoms with Crippen LogP contribution in [-0.4, -0.2) is 23.4 Å². The normalized spacial score (nSPS) is 58.2. The van der Waals surface area contributed by atoms with Gasteiger partial charge in [0.1, 0.15) is 5.60 Å². The van der Waals surface area contributed by atoms with Gasteiger partial charge in [0.25, 0.3) is 0 Å². The second-order valence-electron chi connectivity index (χ2n) is 10.7. The lowest BCUT2D eigenvalue weighted by Crippen LogP contribution is -2.68. The predicted octanol–water partition coefficient (Wildman–Crippen LogP) is 5.35. The molecule has 2 heteroatoms. The van der Waals surface area contributed by atoms with Gasteiger partial charge >= 0.3 is 0 Å². The first-order valence-electron chi connectivity index (χ1n) is 9.89. The molecule has 0 amide bonds. The lowest BCUT2D eigenvalue weighted by molar-refractivity contribution is -0.341. The fourth-order valence-electron chi connectivity index (χ4n) is 7.29. The Hall–Kier alpha value is -0.0800. The van der Waals surface area contributed by atoms with Crippen molar-refractivity contribution in [3.8, 4) is 0 Å². The topological polar surface area (TPSA) is 18.5 Å². The van der Waals surface area contributed by atoms with E-state index in [0.29, 0.717) is 16.7 Å². The van der Waals surface area contributed by atoms with Crippen LogP contribution in [0.5, 0.6) is 0 Å². The van der Waals surface area contributed by atoms with Gasteiger partial charge in [-0.2, -0.15) is 0 Å². The molecule has 2 aliphatic heterocycles. The highest BCUT2D eigenvalue weighted by atomic mass is 16.6. The van der Waals surface area contributed by atoms with E-state index in [1.54, 1.807) is 0 Å². The maximum atomic E-state index is 6.95. The smallest absolute Gasteiger partial charge is 0.118 e. The summed E-state index contributed by atoms with van der Waals surface area (Å²) >= 11 is 0. The number of hydrogen-bond donors (Lipinski definition) is 0. The molecule has 4 fully saturated rings. The van der Waals surface area contributed by atoms with Gasteiger partial charge < -0.3 is 9.47 Å². The molecule has 23 heavy (non-hydrogen) atoms. The third-order valence-corrected chi connectivity index (χ3v) is 8.89. The molecule has 4 rings (SSSR count). The summed E-state index contributed by atoms with van der Waals surface area (Å²) < 4.78 is 13.0. The van der Waals surface area contributed by atoms with Crippen molar-refractivity contribution in [1.82, 2.24) is 0 Å². The molecular formula is C21H36O2. The number of ether oxygens (including phenoxy) is 2. The van der Waals surface area contributed by atoms with Crippen molar-refractivity contribution in [3.63, 3.8) is 0 Å². The van der Waals surface area contributed by atoms with Crippen LogP contribution in [0.2, 0.25) is 0 Å². The average Bonchev–Trinajstić information content (AvgIpc) is 2.48. The van der Waals surface area contributed by atoms with E-state index in [2.05, 4.69) is 41.5 Å². The lowest BCUT2D eigenvalue weighted by Gasteiger charge is -2.63. The fourth-order valence-corrected chi connectivity index (χ4v) is 7.29. The summed E-state index contributed by atoms with van der Waals surface area (Å²) in [7, 11) is 0. The number of fused-ring (bicyclic) bond motifs is 4. The van der Waals surface area contributed by atoms with Crippen LogP contribution in [0.15, 0.2) is 0 Å². The maximum absolute atomic E-state index is 6.95. The highest BCUT2D eigenvalue weighted by Gasteiger charge is 2.66. The molecule has 0 aromatic carbocycles. The summed E-state index contributed by atoms with van der Waals surface area (Å²) in [5, 5.41) is 0. The van der Waals surface area contributed by atoms with E-state index in [1.165, 1.54) is 38.5 Å². The summed E-state index contributed by atoms with van der Waals surface area (Å²) in [4.78, 5) is 0. The molecule has 132 valence electrons. The molecule has 2 saturated heterocycles. The molecule has 2 aliphatic carbocycles. The second kappa shape index (κ2) is 4.55. The van der Waals surface area contributed by atoms with Crippen molar-refractivity contribution in [3.05, 3.63) is 0 Å². The molecule has 0 unspecified atom stereocenters. The quantitative estimate of drug-likeness (QED) is 0.599. The maximum Gasteiger partial charge on any atom is 0.118 e. The van der Waals surface area contributed by atoms with E-state index < -0.39 is 0 Å². The van der Waals surface area contributed by atoms with Crippen molar-refractivity contribution in [2.24, 2.45) is 22.7 Å². The summed E-state index contributed by atoms with van der Waals surface area (Å²) in [5.74, 6) is 1.53. The molecule has 0 spiro atoms. The van der Waals surface area contributed by atoms with Gasteiger partial charge in [-0.15, -0.1) is 0 Å². The highest BCUT2D eigenvalue weighted by molar-refractivity contribution is 5.15. The van der Waals surface area contributed by atoms with Gasteiger partial charge in [0.05, 0.1) is 17.8 Å².